The van der Waals surface area contributed by atoms with Gasteiger partial charge < -0.3 is 10.2 Å². The lowest BCUT2D eigenvalue weighted by atomic mass is 9.96. The Bertz CT molecular complexity index is 818. The van der Waals surface area contributed by atoms with Gasteiger partial charge in [0.15, 0.2) is 0 Å². The predicted octanol–water partition coefficient (Wildman–Crippen LogP) is 3.56. The number of hydrogen-bond donors (Lipinski definition) is 1. The van der Waals surface area contributed by atoms with Gasteiger partial charge in [0.2, 0.25) is 0 Å². The van der Waals surface area contributed by atoms with Gasteiger partial charge in [0.1, 0.15) is 0 Å². The molecule has 0 atom stereocenters. The summed E-state index contributed by atoms with van der Waals surface area (Å²) < 4.78 is 0. The van der Waals surface area contributed by atoms with E-state index in [-0.39, 0.29) is 5.91 Å². The van der Waals surface area contributed by atoms with E-state index in [0.717, 1.165) is 29.7 Å². The van der Waals surface area contributed by atoms with Gasteiger partial charge in [-0.2, -0.15) is 0 Å². The number of fused-ring (bicyclic) bond motifs is 2. The molecule has 0 unspecified atom stereocenters. The van der Waals surface area contributed by atoms with Crippen molar-refractivity contribution in [1.29, 1.82) is 0 Å². The average molecular weight is 290 g/mol. The zero-order valence-electron chi connectivity index (χ0n) is 12.8. The summed E-state index contributed by atoms with van der Waals surface area (Å²) in [5.74, 6) is 0.0285. The van der Waals surface area contributed by atoms with E-state index in [1.165, 1.54) is 22.4 Å². The van der Waals surface area contributed by atoms with Crippen LogP contribution in [-0.4, -0.2) is 20.0 Å². The van der Waals surface area contributed by atoms with E-state index in [9.17, 15) is 4.79 Å². The molecule has 2 aromatic rings. The number of anilines is 2. The molecule has 1 N–H and O–H groups in total. The van der Waals surface area contributed by atoms with Crippen molar-refractivity contribution in [3.63, 3.8) is 0 Å². The largest absolute Gasteiger partial charge is 0.378 e. The zero-order chi connectivity index (χ0) is 15.3. The Morgan fingerprint density at radius 1 is 1.00 bits per heavy atom. The lowest BCUT2D eigenvalue weighted by molar-refractivity contribution is -0.110. The van der Waals surface area contributed by atoms with E-state index in [4.69, 9.17) is 0 Å². The molecule has 1 aliphatic carbocycles. The summed E-state index contributed by atoms with van der Waals surface area (Å²) >= 11 is 0. The van der Waals surface area contributed by atoms with E-state index >= 15 is 0 Å². The second-order valence-corrected chi connectivity index (χ2v) is 6.09. The van der Waals surface area contributed by atoms with Gasteiger partial charge in [-0.3, -0.25) is 4.79 Å². The highest BCUT2D eigenvalue weighted by Crippen LogP contribution is 2.43. The molecule has 110 valence electrons. The smallest absolute Gasteiger partial charge is 0.256 e. The van der Waals surface area contributed by atoms with Crippen molar-refractivity contribution >= 4 is 28.4 Å². The molecule has 0 spiro atoms. The first-order chi connectivity index (χ1) is 10.6. The van der Waals surface area contributed by atoms with E-state index in [1.54, 1.807) is 0 Å². The molecule has 3 nitrogen and oxygen atoms in total. The van der Waals surface area contributed by atoms with Crippen LogP contribution < -0.4 is 10.2 Å². The fraction of sp³-hybridized carbons (Fsp3) is 0.211. The first kappa shape index (κ1) is 13.1. The van der Waals surface area contributed by atoms with Crippen molar-refractivity contribution in [1.82, 2.24) is 0 Å². The van der Waals surface area contributed by atoms with E-state index in [1.807, 2.05) is 24.3 Å². The lowest BCUT2D eigenvalue weighted by Gasteiger charge is -2.14. The number of carbonyl (C=O) groups is 1. The van der Waals surface area contributed by atoms with Gasteiger partial charge in [-0.1, -0.05) is 24.3 Å². The van der Waals surface area contributed by atoms with Crippen molar-refractivity contribution in [3.05, 3.63) is 59.2 Å². The Hall–Kier alpha value is -2.55. The van der Waals surface area contributed by atoms with E-state index < -0.39 is 0 Å². The maximum absolute atomic E-state index is 12.4. The number of amides is 1. The zero-order valence-corrected chi connectivity index (χ0v) is 12.8. The topological polar surface area (TPSA) is 32.3 Å². The Kier molecular flexibility index (Phi) is 2.83. The quantitative estimate of drug-likeness (QED) is 0.814. The van der Waals surface area contributed by atoms with Crippen LogP contribution in [0.3, 0.4) is 0 Å². The molecule has 22 heavy (non-hydrogen) atoms. The summed E-state index contributed by atoms with van der Waals surface area (Å²) in [7, 11) is 4.10. The minimum Gasteiger partial charge on any atom is -0.378 e. The first-order valence-corrected chi connectivity index (χ1v) is 7.59. The van der Waals surface area contributed by atoms with Crippen molar-refractivity contribution in [3.8, 4) is 0 Å². The maximum atomic E-state index is 12.4. The third-order valence-corrected chi connectivity index (χ3v) is 4.55. The lowest BCUT2D eigenvalue weighted by Crippen LogP contribution is -2.08. The number of allylic oxidation sites excluding steroid dienone is 1. The Labute approximate surface area is 130 Å². The first-order valence-electron chi connectivity index (χ1n) is 7.59. The predicted molar refractivity (Wildman–Crippen MR) is 91.0 cm³/mol. The summed E-state index contributed by atoms with van der Waals surface area (Å²) in [5.41, 5.74) is 7.77. The van der Waals surface area contributed by atoms with Gasteiger partial charge in [-0.15, -0.1) is 0 Å². The summed E-state index contributed by atoms with van der Waals surface area (Å²) in [6.07, 6.45) is 1.94. The molecule has 0 aromatic heterocycles. The fourth-order valence-corrected chi connectivity index (χ4v) is 3.43. The number of nitrogens with zero attached hydrogens (tertiary/aromatic N) is 1. The minimum atomic E-state index is 0.0285. The van der Waals surface area contributed by atoms with Gasteiger partial charge in [0.25, 0.3) is 5.91 Å². The monoisotopic (exact) mass is 290 g/mol. The van der Waals surface area contributed by atoms with Crippen LogP contribution in [0.2, 0.25) is 0 Å². The standard InChI is InChI=1S/C19H18N2O/c1-21(2)13-8-10-14-12(11-13)7-9-15(14)18-16-5-3-4-6-17(16)20-19(18)22/h3-6,8,10-11H,7,9H2,1-2H3,(H,20,22). The number of aryl methyl sites for hydroxylation is 1. The molecular weight excluding hydrogens is 272 g/mol. The summed E-state index contributed by atoms with van der Waals surface area (Å²) in [5, 5.41) is 2.98. The number of hydrogen-bond acceptors (Lipinski definition) is 2. The molecule has 0 bridgehead atoms. The molecule has 1 amide bonds. The van der Waals surface area contributed by atoms with Gasteiger partial charge in [0.05, 0.1) is 5.57 Å². The second kappa shape index (κ2) is 4.73. The molecule has 2 aromatic carbocycles. The van der Waals surface area contributed by atoms with Gasteiger partial charge in [-0.25, -0.2) is 0 Å². The third kappa shape index (κ3) is 1.86. The number of nitrogens with one attached hydrogen (secondary N) is 1. The van der Waals surface area contributed by atoms with Crippen LogP contribution in [0.4, 0.5) is 11.4 Å². The highest BCUT2D eigenvalue weighted by Gasteiger charge is 2.30. The van der Waals surface area contributed by atoms with Crippen molar-refractivity contribution < 1.29 is 4.79 Å². The second-order valence-electron chi connectivity index (χ2n) is 6.09. The van der Waals surface area contributed by atoms with Gasteiger partial charge in [-0.05, 0) is 47.7 Å². The van der Waals surface area contributed by atoms with Crippen LogP contribution in [0.25, 0.3) is 11.1 Å². The maximum Gasteiger partial charge on any atom is 0.256 e. The van der Waals surface area contributed by atoms with Crippen LogP contribution in [0, 0.1) is 0 Å². The van der Waals surface area contributed by atoms with Crippen molar-refractivity contribution in [2.45, 2.75) is 12.8 Å². The third-order valence-electron chi connectivity index (χ3n) is 4.55. The molecule has 0 fully saturated rings. The minimum absolute atomic E-state index is 0.0285. The molecule has 4 rings (SSSR count). The summed E-state index contributed by atoms with van der Waals surface area (Å²) in [6, 6.07) is 14.5. The van der Waals surface area contributed by atoms with Crippen LogP contribution in [0.15, 0.2) is 42.5 Å². The molecular formula is C19H18N2O. The van der Waals surface area contributed by atoms with E-state index in [0.29, 0.717) is 0 Å². The van der Waals surface area contributed by atoms with Crippen LogP contribution in [0.1, 0.15) is 23.1 Å². The molecule has 1 heterocycles. The SMILES string of the molecule is CN(C)c1ccc2c(c1)CCC2=C1C(=O)Nc2ccccc21. The number of para-hydroxylation sites is 1. The van der Waals surface area contributed by atoms with Crippen molar-refractivity contribution in [2.24, 2.45) is 0 Å². The molecule has 1 aliphatic heterocycles. The molecule has 3 heteroatoms. The van der Waals surface area contributed by atoms with Crippen LogP contribution in [0.5, 0.6) is 0 Å². The molecule has 2 aliphatic rings. The molecule has 0 saturated carbocycles. The highest BCUT2D eigenvalue weighted by molar-refractivity contribution is 6.37. The fourth-order valence-electron chi connectivity index (χ4n) is 3.43. The number of benzene rings is 2. The van der Waals surface area contributed by atoms with Crippen molar-refractivity contribution in [2.75, 3.05) is 24.3 Å². The summed E-state index contributed by atoms with van der Waals surface area (Å²) in [4.78, 5) is 14.5. The summed E-state index contributed by atoms with van der Waals surface area (Å²) in [6.45, 7) is 0. The highest BCUT2D eigenvalue weighted by atomic mass is 16.2. The van der Waals surface area contributed by atoms with Gasteiger partial charge in [0, 0.05) is 31.0 Å². The average Bonchev–Trinajstić information content (AvgIpc) is 3.06. The molecule has 0 radical (unpaired) electrons. The Balaban J connectivity index is 1.88. The number of carbonyl (C=O) groups excluding carboxylic acids is 1. The number of rotatable bonds is 1. The van der Waals surface area contributed by atoms with Gasteiger partial charge >= 0.3 is 0 Å². The van der Waals surface area contributed by atoms with Crippen LogP contribution in [-0.2, 0) is 11.2 Å². The van der Waals surface area contributed by atoms with Crippen LogP contribution >= 0.6 is 0 Å². The Morgan fingerprint density at radius 2 is 1.82 bits per heavy atom. The van der Waals surface area contributed by atoms with E-state index in [2.05, 4.69) is 42.5 Å². The Morgan fingerprint density at radius 3 is 2.64 bits per heavy atom. The normalized spacial score (nSPS) is 18.9. The molecule has 0 saturated heterocycles.